The van der Waals surface area contributed by atoms with Crippen LogP contribution in [0.25, 0.3) is 0 Å². The van der Waals surface area contributed by atoms with Gasteiger partial charge in [0.1, 0.15) is 17.2 Å². The van der Waals surface area contributed by atoms with Gasteiger partial charge >= 0.3 is 6.36 Å². The third kappa shape index (κ3) is 6.56. The lowest BCUT2D eigenvalue weighted by molar-refractivity contribution is -0.275. The molecule has 4 N–H and O–H groups in total. The second-order valence-electron chi connectivity index (χ2n) is 5.62. The normalized spacial score (nSPS) is 11.9. The number of nitrogens with zero attached hydrogens (tertiary/aromatic N) is 1. The highest BCUT2D eigenvalue weighted by molar-refractivity contribution is 6.02. The van der Waals surface area contributed by atoms with E-state index in [-0.39, 0.29) is 28.5 Å². The number of rotatable bonds is 6. The first-order chi connectivity index (χ1) is 13.5. The largest absolute Gasteiger partial charge is 0.573 e. The SMILES string of the molecule is CC.Cc1nc(NC(C)c2ccc(OC(F)(F)F)c(F)c2)c(C(=N)CO)c(=O)[nH]1. The predicted octanol–water partition coefficient (Wildman–Crippen LogP) is 3.68. The minimum atomic E-state index is -5.02. The summed E-state index contributed by atoms with van der Waals surface area (Å²) in [5.74, 6) is -1.95. The molecule has 7 nitrogen and oxygen atoms in total. The molecule has 29 heavy (non-hydrogen) atoms. The van der Waals surface area contributed by atoms with Crippen molar-refractivity contribution in [1.82, 2.24) is 9.97 Å². The molecule has 0 aliphatic carbocycles. The fourth-order valence-corrected chi connectivity index (χ4v) is 2.33. The Labute approximate surface area is 164 Å². The predicted molar refractivity (Wildman–Crippen MR) is 100.0 cm³/mol. The van der Waals surface area contributed by atoms with Gasteiger partial charge in [-0.15, -0.1) is 13.2 Å². The van der Waals surface area contributed by atoms with Crippen molar-refractivity contribution in [3.8, 4) is 5.75 Å². The van der Waals surface area contributed by atoms with Crippen LogP contribution in [0, 0.1) is 18.2 Å². The van der Waals surface area contributed by atoms with E-state index in [1.54, 1.807) is 6.92 Å². The Bertz CT molecular complexity index is 913. The van der Waals surface area contributed by atoms with Gasteiger partial charge in [-0.05, 0) is 31.5 Å². The maximum Gasteiger partial charge on any atom is 0.573 e. The van der Waals surface area contributed by atoms with Crippen LogP contribution < -0.4 is 15.6 Å². The number of aromatic nitrogens is 2. The van der Waals surface area contributed by atoms with Gasteiger partial charge in [0.05, 0.1) is 18.4 Å². The lowest BCUT2D eigenvalue weighted by atomic mass is 10.1. The third-order valence-electron chi connectivity index (χ3n) is 3.53. The van der Waals surface area contributed by atoms with Crippen molar-refractivity contribution in [2.24, 2.45) is 0 Å². The number of aliphatic hydroxyl groups excluding tert-OH is 1. The molecule has 0 amide bonds. The molecule has 11 heteroatoms. The van der Waals surface area contributed by atoms with Crippen molar-refractivity contribution >= 4 is 11.5 Å². The standard InChI is InChI=1S/C16H16F4N4O3.C2H6/c1-7(9-3-4-12(10(17)5-9)27-16(18,19)20)22-14-13(11(21)6-25)15(26)24-8(2)23-14;1-2/h3-5,7,21,25H,6H2,1-2H3,(H2,22,23,24,26);1-2H3. The Balaban J connectivity index is 0.00000204. The zero-order valence-electron chi connectivity index (χ0n) is 16.2. The number of aryl methyl sites for hydroxylation is 1. The molecular weight excluding hydrogens is 396 g/mol. The first kappa shape index (κ1) is 24.1. The molecule has 0 saturated carbocycles. The van der Waals surface area contributed by atoms with E-state index >= 15 is 0 Å². The molecule has 1 heterocycles. The maximum atomic E-state index is 13.9. The quantitative estimate of drug-likeness (QED) is 0.423. The van der Waals surface area contributed by atoms with Crippen LogP contribution >= 0.6 is 0 Å². The van der Waals surface area contributed by atoms with Gasteiger partial charge in [0.25, 0.3) is 5.56 Å². The number of hydrogen-bond donors (Lipinski definition) is 4. The number of hydrogen-bond acceptors (Lipinski definition) is 6. The van der Waals surface area contributed by atoms with Gasteiger partial charge in [0.2, 0.25) is 0 Å². The molecule has 0 spiro atoms. The van der Waals surface area contributed by atoms with E-state index in [1.165, 1.54) is 13.0 Å². The van der Waals surface area contributed by atoms with Crippen molar-refractivity contribution in [3.05, 3.63) is 51.3 Å². The summed E-state index contributed by atoms with van der Waals surface area (Å²) in [6.07, 6.45) is -5.02. The molecule has 0 bridgehead atoms. The van der Waals surface area contributed by atoms with Crippen molar-refractivity contribution in [2.45, 2.75) is 40.1 Å². The van der Waals surface area contributed by atoms with Crippen molar-refractivity contribution in [2.75, 3.05) is 11.9 Å². The number of aliphatic hydroxyl groups is 1. The van der Waals surface area contributed by atoms with Crippen LogP contribution in [0.5, 0.6) is 5.75 Å². The summed E-state index contributed by atoms with van der Waals surface area (Å²) >= 11 is 0. The average Bonchev–Trinajstić information content (AvgIpc) is 2.63. The number of alkyl halides is 3. The second kappa shape index (κ2) is 10.0. The van der Waals surface area contributed by atoms with Crippen molar-refractivity contribution in [3.63, 3.8) is 0 Å². The second-order valence-corrected chi connectivity index (χ2v) is 5.62. The van der Waals surface area contributed by atoms with Gasteiger partial charge in [0.15, 0.2) is 11.6 Å². The number of halogens is 4. The van der Waals surface area contributed by atoms with Crippen LogP contribution in [0.15, 0.2) is 23.0 Å². The lowest BCUT2D eigenvalue weighted by Crippen LogP contribution is -2.25. The summed E-state index contributed by atoms with van der Waals surface area (Å²) in [5.41, 5.74) is -0.953. The molecular formula is C18H22F4N4O3. The highest BCUT2D eigenvalue weighted by atomic mass is 19.4. The summed E-state index contributed by atoms with van der Waals surface area (Å²) < 4.78 is 54.1. The summed E-state index contributed by atoms with van der Waals surface area (Å²) in [6.45, 7) is 6.37. The van der Waals surface area contributed by atoms with Gasteiger partial charge in [-0.1, -0.05) is 19.9 Å². The van der Waals surface area contributed by atoms with Crippen LogP contribution in [0.1, 0.15) is 43.8 Å². The fraction of sp³-hybridized carbons (Fsp3) is 0.389. The number of nitrogens with one attached hydrogen (secondary N) is 3. The molecule has 0 aliphatic rings. The molecule has 0 saturated heterocycles. The zero-order valence-corrected chi connectivity index (χ0v) is 16.2. The summed E-state index contributed by atoms with van der Waals surface area (Å²) in [4.78, 5) is 18.5. The van der Waals surface area contributed by atoms with Crippen LogP contribution in [-0.4, -0.2) is 33.8 Å². The molecule has 0 radical (unpaired) electrons. The van der Waals surface area contributed by atoms with E-state index in [9.17, 15) is 22.4 Å². The molecule has 1 aromatic heterocycles. The molecule has 1 aromatic carbocycles. The first-order valence-electron chi connectivity index (χ1n) is 8.63. The highest BCUT2D eigenvalue weighted by Crippen LogP contribution is 2.28. The first-order valence-corrected chi connectivity index (χ1v) is 8.63. The monoisotopic (exact) mass is 418 g/mol. The number of H-pyrrole nitrogens is 1. The Morgan fingerprint density at radius 3 is 2.52 bits per heavy atom. The Morgan fingerprint density at radius 2 is 2.00 bits per heavy atom. The number of benzene rings is 1. The lowest BCUT2D eigenvalue weighted by Gasteiger charge is -2.18. The van der Waals surface area contributed by atoms with Gasteiger partial charge < -0.3 is 25.6 Å². The van der Waals surface area contributed by atoms with Gasteiger partial charge in [0, 0.05) is 0 Å². The van der Waals surface area contributed by atoms with E-state index in [1.807, 2.05) is 13.8 Å². The van der Waals surface area contributed by atoms with Crippen LogP contribution in [-0.2, 0) is 0 Å². The van der Waals surface area contributed by atoms with Gasteiger partial charge in [-0.3, -0.25) is 4.79 Å². The topological polar surface area (TPSA) is 111 Å². The minimum absolute atomic E-state index is 0.0150. The fourth-order valence-electron chi connectivity index (χ4n) is 2.33. The van der Waals surface area contributed by atoms with E-state index in [0.29, 0.717) is 0 Å². The highest BCUT2D eigenvalue weighted by Gasteiger charge is 2.32. The Kier molecular flexibility index (Phi) is 8.31. The number of anilines is 1. The Morgan fingerprint density at radius 1 is 1.38 bits per heavy atom. The van der Waals surface area contributed by atoms with E-state index in [0.717, 1.165) is 12.1 Å². The summed E-state index contributed by atoms with van der Waals surface area (Å²) in [7, 11) is 0. The third-order valence-corrected chi connectivity index (χ3v) is 3.53. The van der Waals surface area contributed by atoms with Crippen LogP contribution in [0.4, 0.5) is 23.4 Å². The summed E-state index contributed by atoms with van der Waals surface area (Å²) in [6, 6.07) is 2.23. The Hall–Kier alpha value is -2.95. The minimum Gasteiger partial charge on any atom is -0.403 e. The van der Waals surface area contributed by atoms with Gasteiger partial charge in [-0.2, -0.15) is 0 Å². The van der Waals surface area contributed by atoms with Crippen LogP contribution in [0.2, 0.25) is 0 Å². The van der Waals surface area contributed by atoms with E-state index in [4.69, 9.17) is 10.5 Å². The summed E-state index contributed by atoms with van der Waals surface area (Å²) in [5, 5.41) is 19.6. The molecule has 2 rings (SSSR count). The zero-order chi connectivity index (χ0) is 22.4. The smallest absolute Gasteiger partial charge is 0.403 e. The van der Waals surface area contributed by atoms with Crippen molar-refractivity contribution < 1.29 is 27.4 Å². The molecule has 1 atom stereocenters. The molecule has 0 fully saturated rings. The average molecular weight is 418 g/mol. The number of ether oxygens (including phenoxy) is 1. The molecule has 2 aromatic rings. The van der Waals surface area contributed by atoms with Crippen LogP contribution in [0.3, 0.4) is 0 Å². The van der Waals surface area contributed by atoms with Crippen molar-refractivity contribution in [1.29, 1.82) is 5.41 Å². The molecule has 0 aliphatic heterocycles. The number of aromatic amines is 1. The maximum absolute atomic E-state index is 13.9. The molecule has 160 valence electrons. The van der Waals surface area contributed by atoms with Gasteiger partial charge in [-0.25, -0.2) is 9.37 Å². The van der Waals surface area contributed by atoms with E-state index in [2.05, 4.69) is 20.0 Å². The molecule has 1 unspecified atom stereocenters. The van der Waals surface area contributed by atoms with E-state index < -0.39 is 36.1 Å².